The van der Waals surface area contributed by atoms with E-state index in [1.807, 2.05) is 46.4 Å². The zero-order valence-electron chi connectivity index (χ0n) is 24.5. The van der Waals surface area contributed by atoms with Crippen LogP contribution < -0.4 is 5.73 Å². The van der Waals surface area contributed by atoms with Gasteiger partial charge in [-0.3, -0.25) is 15.6 Å². The molecule has 2 aromatic heterocycles. The summed E-state index contributed by atoms with van der Waals surface area (Å²) in [6, 6.07) is 0. The minimum Gasteiger partial charge on any atom is -0.423 e. The Hall–Kier alpha value is -3.45. The molecule has 13 nitrogen and oxygen atoms in total. The van der Waals surface area contributed by atoms with Gasteiger partial charge in [0.25, 0.3) is 0 Å². The molecule has 0 aromatic carbocycles. The molecule has 1 amide bonds. The van der Waals surface area contributed by atoms with Gasteiger partial charge in [-0.05, 0) is 33.1 Å². The first-order valence-electron chi connectivity index (χ1n) is 13.9. The summed E-state index contributed by atoms with van der Waals surface area (Å²) in [5.74, 6) is 0.988. The summed E-state index contributed by atoms with van der Waals surface area (Å²) >= 11 is 0. The lowest BCUT2D eigenvalue weighted by molar-refractivity contribution is -0.144. The summed E-state index contributed by atoms with van der Waals surface area (Å²) in [5.41, 5.74) is 5.87. The zero-order chi connectivity index (χ0) is 29.4. The second-order valence-electron chi connectivity index (χ2n) is 10.8. The van der Waals surface area contributed by atoms with Gasteiger partial charge in [0.05, 0.1) is 19.2 Å². The van der Waals surface area contributed by atoms with Crippen molar-refractivity contribution in [2.75, 3.05) is 32.0 Å². The molecule has 2 aromatic rings. The molecule has 13 heteroatoms. The van der Waals surface area contributed by atoms with Gasteiger partial charge < -0.3 is 24.8 Å². The van der Waals surface area contributed by atoms with E-state index < -0.39 is 5.41 Å². The van der Waals surface area contributed by atoms with Crippen molar-refractivity contribution in [1.29, 1.82) is 10.8 Å². The molecule has 0 radical (unpaired) electrons. The van der Waals surface area contributed by atoms with E-state index in [9.17, 15) is 4.79 Å². The fraction of sp³-hybridized carbons (Fsp3) is 0.667. The predicted octanol–water partition coefficient (Wildman–Crippen LogP) is 3.59. The highest BCUT2D eigenvalue weighted by Crippen LogP contribution is 2.28. The number of likely N-dealkylation sites (tertiary alicyclic amines) is 1. The smallest absolute Gasteiger partial charge is 0.243 e. The Bertz CT molecular complexity index is 1180. The third-order valence-corrected chi connectivity index (χ3v) is 6.56. The summed E-state index contributed by atoms with van der Waals surface area (Å²) in [6.45, 7) is 14.1. The largest absolute Gasteiger partial charge is 0.423 e. The molecule has 0 bridgehead atoms. The molecule has 4 N–H and O–H groups in total. The van der Waals surface area contributed by atoms with E-state index in [2.05, 4.69) is 9.97 Å². The average Bonchev–Trinajstić information content (AvgIpc) is 3.36. The number of nitrogens with zero attached hydrogens (tertiary/aromatic N) is 6. The minimum absolute atomic E-state index is 0.0311. The summed E-state index contributed by atoms with van der Waals surface area (Å²) in [6.07, 6.45) is 3.93. The molecule has 0 saturated carbocycles. The number of nitrogens with two attached hydrogens (primary N) is 1. The number of piperidine rings is 1. The van der Waals surface area contributed by atoms with Gasteiger partial charge in [0.1, 0.15) is 5.69 Å². The quantitative estimate of drug-likeness (QED) is 0.211. The Kier molecular flexibility index (Phi) is 10.7. The van der Waals surface area contributed by atoms with Crippen LogP contribution in [-0.2, 0) is 25.5 Å². The van der Waals surface area contributed by atoms with Gasteiger partial charge >= 0.3 is 0 Å². The molecule has 1 fully saturated rings. The number of rotatable bonds is 11. The SMILES string of the molecule is CCCOC(C)OCCC(=O)N1CCC(c2nc(-c3cnc(N)c(C(=N)OC(=N)C(C)(C)C)n3)n(CC)n2)CC1. The van der Waals surface area contributed by atoms with Crippen LogP contribution in [0.1, 0.15) is 84.7 Å². The average molecular weight is 558 g/mol. The first-order valence-corrected chi connectivity index (χ1v) is 13.9. The minimum atomic E-state index is -0.570. The van der Waals surface area contributed by atoms with Crippen LogP contribution in [0.15, 0.2) is 6.20 Å². The molecule has 220 valence electrons. The zero-order valence-corrected chi connectivity index (χ0v) is 24.5. The lowest BCUT2D eigenvalue weighted by Crippen LogP contribution is -2.38. The molecule has 3 heterocycles. The Morgan fingerprint density at radius 2 is 1.82 bits per heavy atom. The van der Waals surface area contributed by atoms with Crippen LogP contribution in [0.2, 0.25) is 0 Å². The number of aromatic nitrogens is 5. The number of ether oxygens (including phenoxy) is 3. The lowest BCUT2D eigenvalue weighted by atomic mass is 9.96. The Morgan fingerprint density at radius 3 is 2.45 bits per heavy atom. The number of hydrogen-bond donors (Lipinski definition) is 3. The highest BCUT2D eigenvalue weighted by molar-refractivity contribution is 6.01. The van der Waals surface area contributed by atoms with Crippen LogP contribution >= 0.6 is 0 Å². The normalized spacial score (nSPS) is 15.2. The second kappa shape index (κ2) is 13.8. The lowest BCUT2D eigenvalue weighted by Gasteiger charge is -2.31. The Labute approximate surface area is 235 Å². The Morgan fingerprint density at radius 1 is 1.15 bits per heavy atom. The van der Waals surface area contributed by atoms with E-state index in [-0.39, 0.29) is 41.4 Å². The molecular formula is C27H43N9O4. The molecule has 0 spiro atoms. The van der Waals surface area contributed by atoms with Crippen LogP contribution in [0, 0.1) is 16.2 Å². The van der Waals surface area contributed by atoms with Crippen molar-refractivity contribution in [3.63, 3.8) is 0 Å². The molecule has 1 aliphatic rings. The van der Waals surface area contributed by atoms with Crippen molar-refractivity contribution >= 4 is 23.5 Å². The van der Waals surface area contributed by atoms with Crippen molar-refractivity contribution in [1.82, 2.24) is 29.6 Å². The maximum absolute atomic E-state index is 12.7. The molecule has 1 unspecified atom stereocenters. The maximum Gasteiger partial charge on any atom is 0.243 e. The number of nitrogens with one attached hydrogen (secondary N) is 2. The first-order chi connectivity index (χ1) is 18.9. The monoisotopic (exact) mass is 557 g/mol. The summed E-state index contributed by atoms with van der Waals surface area (Å²) in [5, 5.41) is 21.1. The molecule has 1 aliphatic heterocycles. The third kappa shape index (κ3) is 8.04. The summed E-state index contributed by atoms with van der Waals surface area (Å²) < 4.78 is 18.2. The maximum atomic E-state index is 12.7. The van der Waals surface area contributed by atoms with Gasteiger partial charge in [-0.25, -0.2) is 19.6 Å². The van der Waals surface area contributed by atoms with Crippen LogP contribution in [-0.4, -0.2) is 79.9 Å². The van der Waals surface area contributed by atoms with Crippen molar-refractivity contribution < 1.29 is 19.0 Å². The fourth-order valence-electron chi connectivity index (χ4n) is 4.11. The van der Waals surface area contributed by atoms with Crippen LogP contribution in [0.3, 0.4) is 0 Å². The standard InChI is InChI=1S/C27H43N9O4/c1-7-14-38-17(3)39-15-11-20(37)35-12-9-18(10-13-35)24-33-25(36(8-2)34-24)19-16-31-22(28)21(32-19)23(29)40-26(30)27(4,5)6/h16-18,29-30H,7-15H2,1-6H3,(H2,28,31). The van der Waals surface area contributed by atoms with Gasteiger partial charge in [-0.15, -0.1) is 0 Å². The van der Waals surface area contributed by atoms with Gasteiger partial charge in [-0.2, -0.15) is 5.10 Å². The predicted molar refractivity (Wildman–Crippen MR) is 151 cm³/mol. The first kappa shape index (κ1) is 31.1. The van der Waals surface area contributed by atoms with E-state index in [0.717, 1.165) is 19.3 Å². The molecule has 40 heavy (non-hydrogen) atoms. The van der Waals surface area contributed by atoms with Crippen LogP contribution in [0.25, 0.3) is 11.5 Å². The van der Waals surface area contributed by atoms with Crippen molar-refractivity contribution in [2.45, 2.75) is 86.0 Å². The second-order valence-corrected chi connectivity index (χ2v) is 10.8. The molecule has 0 aliphatic carbocycles. The van der Waals surface area contributed by atoms with Gasteiger partial charge in [0.2, 0.25) is 11.8 Å². The topological polar surface area (TPSA) is 178 Å². The molecular weight excluding hydrogens is 514 g/mol. The van der Waals surface area contributed by atoms with E-state index in [4.69, 9.17) is 40.8 Å². The van der Waals surface area contributed by atoms with Crippen molar-refractivity contribution in [3.05, 3.63) is 17.7 Å². The number of carbonyl (C=O) groups is 1. The van der Waals surface area contributed by atoms with E-state index >= 15 is 0 Å². The van der Waals surface area contributed by atoms with E-state index in [0.29, 0.717) is 56.6 Å². The summed E-state index contributed by atoms with van der Waals surface area (Å²) in [4.78, 5) is 28.0. The number of carbonyl (C=O) groups excluding carboxylic acids is 1. The van der Waals surface area contributed by atoms with E-state index in [1.165, 1.54) is 6.20 Å². The molecule has 3 rings (SSSR count). The summed E-state index contributed by atoms with van der Waals surface area (Å²) in [7, 11) is 0. The van der Waals surface area contributed by atoms with Gasteiger partial charge in [0, 0.05) is 37.6 Å². The number of hydrogen-bond acceptors (Lipinski definition) is 11. The number of anilines is 1. The number of amides is 1. The van der Waals surface area contributed by atoms with Crippen molar-refractivity contribution in [3.8, 4) is 11.5 Å². The molecule has 1 saturated heterocycles. The Balaban J connectivity index is 1.64. The van der Waals surface area contributed by atoms with E-state index in [1.54, 1.807) is 4.68 Å². The fourth-order valence-corrected chi connectivity index (χ4v) is 4.11. The van der Waals surface area contributed by atoms with Crippen molar-refractivity contribution in [2.24, 2.45) is 5.41 Å². The third-order valence-electron chi connectivity index (χ3n) is 6.56. The number of aryl methyl sites for hydroxylation is 1. The highest BCUT2D eigenvalue weighted by atomic mass is 16.7. The van der Waals surface area contributed by atoms with Gasteiger partial charge in [-0.1, -0.05) is 27.7 Å². The number of nitrogen functional groups attached to an aromatic ring is 1. The van der Waals surface area contributed by atoms with Crippen LogP contribution in [0.4, 0.5) is 5.82 Å². The molecule has 1 atom stereocenters. The van der Waals surface area contributed by atoms with Gasteiger partial charge in [0.15, 0.2) is 35.3 Å². The van der Waals surface area contributed by atoms with Crippen LogP contribution in [0.5, 0.6) is 0 Å². The highest BCUT2D eigenvalue weighted by Gasteiger charge is 2.28.